The van der Waals surface area contributed by atoms with Crippen LogP contribution >= 0.6 is 0 Å². The lowest BCUT2D eigenvalue weighted by molar-refractivity contribution is 0.102. The Morgan fingerprint density at radius 3 is 2.65 bits per heavy atom. The molecule has 0 aliphatic heterocycles. The van der Waals surface area contributed by atoms with Crippen molar-refractivity contribution in [3.05, 3.63) is 47.5 Å². The Labute approximate surface area is 117 Å². The zero-order valence-corrected chi connectivity index (χ0v) is 11.3. The average Bonchev–Trinajstić information content (AvgIpc) is 2.40. The van der Waals surface area contributed by atoms with Gasteiger partial charge in [-0.15, -0.1) is 0 Å². The number of anilines is 2. The van der Waals surface area contributed by atoms with Gasteiger partial charge in [-0.05, 0) is 36.8 Å². The number of aromatic hydroxyl groups is 1. The maximum atomic E-state index is 12.1. The third-order valence-corrected chi connectivity index (χ3v) is 2.89. The van der Waals surface area contributed by atoms with Crippen LogP contribution in [0.3, 0.4) is 0 Å². The molecule has 0 fully saturated rings. The first-order valence-electron chi connectivity index (χ1n) is 6.05. The molecule has 2 rings (SSSR count). The van der Waals surface area contributed by atoms with Crippen molar-refractivity contribution in [2.45, 2.75) is 6.92 Å². The molecule has 0 radical (unpaired) electrons. The van der Waals surface area contributed by atoms with E-state index in [-0.39, 0.29) is 11.3 Å². The van der Waals surface area contributed by atoms with E-state index in [0.717, 1.165) is 5.56 Å². The molecule has 20 heavy (non-hydrogen) atoms. The first kappa shape index (κ1) is 13.7. The Bertz CT molecular complexity index is 654. The highest BCUT2D eigenvalue weighted by Gasteiger charge is 2.12. The lowest BCUT2D eigenvalue weighted by atomic mass is 10.1. The van der Waals surface area contributed by atoms with Crippen LogP contribution in [0.25, 0.3) is 0 Å². The molecule has 0 heterocycles. The van der Waals surface area contributed by atoms with Crippen LogP contribution in [0, 0.1) is 6.92 Å². The predicted octanol–water partition coefficient (Wildman–Crippen LogP) is 2.54. The molecule has 2 aromatic carbocycles. The van der Waals surface area contributed by atoms with Gasteiger partial charge < -0.3 is 20.9 Å². The summed E-state index contributed by atoms with van der Waals surface area (Å²) in [6.07, 6.45) is 0. The Kier molecular flexibility index (Phi) is 3.79. The summed E-state index contributed by atoms with van der Waals surface area (Å²) in [5.74, 6) is 0.0372. The van der Waals surface area contributed by atoms with E-state index in [1.807, 2.05) is 6.92 Å². The normalized spacial score (nSPS) is 10.1. The van der Waals surface area contributed by atoms with Crippen LogP contribution in [0.2, 0.25) is 0 Å². The van der Waals surface area contributed by atoms with Gasteiger partial charge in [0.05, 0.1) is 18.4 Å². The third-order valence-electron chi connectivity index (χ3n) is 2.89. The van der Waals surface area contributed by atoms with Crippen molar-refractivity contribution in [3.63, 3.8) is 0 Å². The van der Waals surface area contributed by atoms with Crippen LogP contribution < -0.4 is 15.8 Å². The summed E-state index contributed by atoms with van der Waals surface area (Å²) in [5, 5.41) is 12.5. The summed E-state index contributed by atoms with van der Waals surface area (Å²) in [7, 11) is 1.50. The first-order chi connectivity index (χ1) is 9.51. The molecule has 5 heteroatoms. The second-order valence-electron chi connectivity index (χ2n) is 4.43. The molecule has 5 nitrogen and oxygen atoms in total. The largest absolute Gasteiger partial charge is 0.507 e. The molecule has 104 valence electrons. The zero-order chi connectivity index (χ0) is 14.7. The van der Waals surface area contributed by atoms with Crippen molar-refractivity contribution in [1.29, 1.82) is 0 Å². The van der Waals surface area contributed by atoms with Crippen LogP contribution in [0.4, 0.5) is 11.4 Å². The Balaban J connectivity index is 2.23. The minimum Gasteiger partial charge on any atom is -0.507 e. The van der Waals surface area contributed by atoms with E-state index in [4.69, 9.17) is 10.5 Å². The van der Waals surface area contributed by atoms with Crippen molar-refractivity contribution >= 4 is 17.3 Å². The van der Waals surface area contributed by atoms with Crippen LogP contribution in [0.1, 0.15) is 15.9 Å². The molecular weight excluding hydrogens is 256 g/mol. The van der Waals surface area contributed by atoms with Crippen molar-refractivity contribution in [1.82, 2.24) is 0 Å². The number of carbonyl (C=O) groups is 1. The zero-order valence-electron chi connectivity index (χ0n) is 11.3. The number of nitrogen functional groups attached to an aromatic ring is 1. The van der Waals surface area contributed by atoms with Gasteiger partial charge in [-0.1, -0.05) is 6.07 Å². The van der Waals surface area contributed by atoms with Gasteiger partial charge in [0.1, 0.15) is 11.5 Å². The number of ether oxygens (including phenoxy) is 1. The van der Waals surface area contributed by atoms with Gasteiger partial charge in [0, 0.05) is 11.8 Å². The Hall–Kier alpha value is -2.69. The number of nitrogens with two attached hydrogens (primary N) is 1. The van der Waals surface area contributed by atoms with Crippen LogP contribution in [0.5, 0.6) is 11.5 Å². The SMILES string of the molecule is COc1cc(NC(=O)c2ccc(C)cc2O)ccc1N. The van der Waals surface area contributed by atoms with Gasteiger partial charge in [-0.25, -0.2) is 0 Å². The smallest absolute Gasteiger partial charge is 0.259 e. The number of methoxy groups -OCH3 is 1. The van der Waals surface area contributed by atoms with Gasteiger partial charge in [-0.3, -0.25) is 4.79 Å². The molecule has 0 bridgehead atoms. The first-order valence-corrected chi connectivity index (χ1v) is 6.05. The summed E-state index contributed by atoms with van der Waals surface area (Å²) in [5.41, 5.74) is 7.83. The van der Waals surface area contributed by atoms with Crippen LogP contribution in [-0.4, -0.2) is 18.1 Å². The molecule has 0 unspecified atom stereocenters. The molecule has 1 amide bonds. The number of phenolic OH excluding ortho intramolecular Hbond substituents is 1. The molecule has 0 saturated heterocycles. The number of hydrogen-bond donors (Lipinski definition) is 3. The highest BCUT2D eigenvalue weighted by Crippen LogP contribution is 2.26. The molecule has 4 N–H and O–H groups in total. The Morgan fingerprint density at radius 2 is 2.00 bits per heavy atom. The minimum absolute atomic E-state index is 0.0510. The number of benzene rings is 2. The second-order valence-corrected chi connectivity index (χ2v) is 4.43. The molecule has 2 aromatic rings. The summed E-state index contributed by atoms with van der Waals surface area (Å²) in [4.78, 5) is 12.1. The molecule has 0 aliphatic carbocycles. The number of rotatable bonds is 3. The topological polar surface area (TPSA) is 84.6 Å². The minimum atomic E-state index is -0.394. The number of phenols is 1. The van der Waals surface area contributed by atoms with E-state index in [9.17, 15) is 9.90 Å². The van der Waals surface area contributed by atoms with E-state index in [0.29, 0.717) is 17.1 Å². The summed E-state index contributed by atoms with van der Waals surface area (Å²) >= 11 is 0. The maximum Gasteiger partial charge on any atom is 0.259 e. The number of aryl methyl sites for hydroxylation is 1. The Morgan fingerprint density at radius 1 is 1.25 bits per heavy atom. The highest BCUT2D eigenvalue weighted by atomic mass is 16.5. The van der Waals surface area contributed by atoms with E-state index in [1.54, 1.807) is 36.4 Å². The average molecular weight is 272 g/mol. The van der Waals surface area contributed by atoms with Crippen LogP contribution in [-0.2, 0) is 0 Å². The molecule has 0 saturated carbocycles. The summed E-state index contributed by atoms with van der Waals surface area (Å²) in [6.45, 7) is 1.84. The predicted molar refractivity (Wildman–Crippen MR) is 78.2 cm³/mol. The number of hydrogen-bond acceptors (Lipinski definition) is 4. The standard InChI is InChI=1S/C15H16N2O3/c1-9-3-5-11(13(18)7-9)15(19)17-10-4-6-12(16)14(8-10)20-2/h3-8,18H,16H2,1-2H3,(H,17,19). The van der Waals surface area contributed by atoms with Crippen molar-refractivity contribution < 1.29 is 14.6 Å². The van der Waals surface area contributed by atoms with E-state index in [1.165, 1.54) is 7.11 Å². The van der Waals surface area contributed by atoms with Crippen molar-refractivity contribution in [2.75, 3.05) is 18.2 Å². The monoisotopic (exact) mass is 272 g/mol. The van der Waals surface area contributed by atoms with E-state index >= 15 is 0 Å². The quantitative estimate of drug-likeness (QED) is 0.750. The van der Waals surface area contributed by atoms with Gasteiger partial charge in [0.25, 0.3) is 5.91 Å². The lowest BCUT2D eigenvalue weighted by Crippen LogP contribution is -2.12. The lowest BCUT2D eigenvalue weighted by Gasteiger charge is -2.10. The van der Waals surface area contributed by atoms with Crippen molar-refractivity contribution in [2.24, 2.45) is 0 Å². The van der Waals surface area contributed by atoms with Crippen LogP contribution in [0.15, 0.2) is 36.4 Å². The molecule has 0 aliphatic rings. The molecule has 0 spiro atoms. The summed E-state index contributed by atoms with van der Waals surface area (Å²) < 4.78 is 5.09. The number of nitrogens with one attached hydrogen (secondary N) is 1. The van der Waals surface area contributed by atoms with Gasteiger partial charge in [0.2, 0.25) is 0 Å². The van der Waals surface area contributed by atoms with Gasteiger partial charge >= 0.3 is 0 Å². The van der Waals surface area contributed by atoms with Crippen molar-refractivity contribution in [3.8, 4) is 11.5 Å². The molecule has 0 aromatic heterocycles. The van der Waals surface area contributed by atoms with E-state index in [2.05, 4.69) is 5.32 Å². The van der Waals surface area contributed by atoms with E-state index < -0.39 is 5.91 Å². The number of amides is 1. The third kappa shape index (κ3) is 2.83. The second kappa shape index (κ2) is 5.52. The molecular formula is C15H16N2O3. The summed E-state index contributed by atoms with van der Waals surface area (Å²) in [6, 6.07) is 9.81. The van der Waals surface area contributed by atoms with Gasteiger partial charge in [0.15, 0.2) is 0 Å². The van der Waals surface area contributed by atoms with Gasteiger partial charge in [-0.2, -0.15) is 0 Å². The maximum absolute atomic E-state index is 12.1. The fraction of sp³-hybridized carbons (Fsp3) is 0.133. The fourth-order valence-corrected chi connectivity index (χ4v) is 1.82. The number of carbonyl (C=O) groups excluding carboxylic acids is 1. The fourth-order valence-electron chi connectivity index (χ4n) is 1.82. The highest BCUT2D eigenvalue weighted by molar-refractivity contribution is 6.06. The molecule has 0 atom stereocenters.